The van der Waals surface area contributed by atoms with E-state index >= 15 is 0 Å². The van der Waals surface area contributed by atoms with Gasteiger partial charge in [0.05, 0.1) is 12.8 Å². The number of hydrogen-bond acceptors (Lipinski definition) is 4. The Balaban J connectivity index is 1.92. The van der Waals surface area contributed by atoms with E-state index in [4.69, 9.17) is 4.74 Å². The van der Waals surface area contributed by atoms with Crippen LogP contribution in [0.25, 0.3) is 11.3 Å². The van der Waals surface area contributed by atoms with E-state index in [9.17, 15) is 9.59 Å². The fourth-order valence-electron chi connectivity index (χ4n) is 3.24. The third kappa shape index (κ3) is 4.76. The van der Waals surface area contributed by atoms with Crippen LogP contribution in [-0.2, 0) is 4.79 Å². The zero-order valence-electron chi connectivity index (χ0n) is 17.6. The first kappa shape index (κ1) is 21.3. The van der Waals surface area contributed by atoms with Crippen molar-refractivity contribution >= 4 is 11.6 Å². The first-order valence-corrected chi connectivity index (χ1v) is 10.2. The second-order valence-electron chi connectivity index (χ2n) is 7.08. The molecule has 0 saturated heterocycles. The fraction of sp³-hybridized carbons (Fsp3) is 0.292. The molecule has 0 fully saturated rings. The van der Waals surface area contributed by atoms with Crippen molar-refractivity contribution in [1.82, 2.24) is 9.78 Å². The summed E-state index contributed by atoms with van der Waals surface area (Å²) in [5, 5.41) is 4.49. The highest BCUT2D eigenvalue weighted by molar-refractivity contribution is 5.95. The molecule has 1 unspecified atom stereocenters. The Morgan fingerprint density at radius 1 is 1.07 bits per heavy atom. The number of para-hydroxylation sites is 1. The van der Waals surface area contributed by atoms with Gasteiger partial charge in [-0.05, 0) is 55.8 Å². The Kier molecular flexibility index (Phi) is 7.01. The largest absolute Gasteiger partial charge is 0.497 e. The topological polar surface area (TPSA) is 64.4 Å². The molecule has 1 atom stereocenters. The predicted molar refractivity (Wildman–Crippen MR) is 119 cm³/mol. The Bertz CT molecular complexity index is 1030. The number of aromatic nitrogens is 2. The number of carbonyl (C=O) groups excluding carboxylic acids is 1. The number of carbonyl (C=O) groups is 1. The molecule has 156 valence electrons. The van der Waals surface area contributed by atoms with Crippen molar-refractivity contribution in [2.45, 2.75) is 32.7 Å². The smallest absolute Gasteiger partial charge is 0.267 e. The van der Waals surface area contributed by atoms with Gasteiger partial charge in [-0.2, -0.15) is 5.10 Å². The van der Waals surface area contributed by atoms with Gasteiger partial charge >= 0.3 is 0 Å². The van der Waals surface area contributed by atoms with Gasteiger partial charge in [0.1, 0.15) is 11.8 Å². The van der Waals surface area contributed by atoms with E-state index < -0.39 is 6.04 Å². The molecule has 3 aromatic rings. The lowest BCUT2D eigenvalue weighted by molar-refractivity contribution is -0.121. The number of unbranched alkanes of at least 4 members (excludes halogenated alkanes) is 1. The highest BCUT2D eigenvalue weighted by Crippen LogP contribution is 2.22. The van der Waals surface area contributed by atoms with Crippen molar-refractivity contribution in [2.75, 3.05) is 18.6 Å². The molecular weight excluding hydrogens is 378 g/mol. The lowest BCUT2D eigenvalue weighted by Crippen LogP contribution is -2.40. The van der Waals surface area contributed by atoms with Crippen LogP contribution in [0.5, 0.6) is 5.75 Å². The molecule has 0 aliphatic heterocycles. The average Bonchev–Trinajstić information content (AvgIpc) is 2.80. The van der Waals surface area contributed by atoms with Gasteiger partial charge in [0.2, 0.25) is 0 Å². The Morgan fingerprint density at radius 2 is 1.77 bits per heavy atom. The molecule has 2 aromatic carbocycles. The monoisotopic (exact) mass is 405 g/mol. The van der Waals surface area contributed by atoms with E-state index in [1.54, 1.807) is 25.0 Å². The van der Waals surface area contributed by atoms with Crippen molar-refractivity contribution in [1.29, 1.82) is 0 Å². The van der Waals surface area contributed by atoms with Crippen LogP contribution in [-0.4, -0.2) is 29.3 Å². The number of hydrogen-bond donors (Lipinski definition) is 0. The maximum atomic E-state index is 13.3. The van der Waals surface area contributed by atoms with E-state index in [1.807, 2.05) is 54.6 Å². The third-order valence-corrected chi connectivity index (χ3v) is 5.00. The van der Waals surface area contributed by atoms with Crippen LogP contribution >= 0.6 is 0 Å². The van der Waals surface area contributed by atoms with E-state index in [-0.39, 0.29) is 11.5 Å². The van der Waals surface area contributed by atoms with Crippen LogP contribution in [0.3, 0.4) is 0 Å². The molecule has 0 saturated carbocycles. The van der Waals surface area contributed by atoms with E-state index in [0.29, 0.717) is 12.2 Å². The minimum atomic E-state index is -0.729. The molecule has 0 aliphatic carbocycles. The Hall–Kier alpha value is -3.41. The number of benzene rings is 2. The molecule has 0 aliphatic rings. The highest BCUT2D eigenvalue weighted by atomic mass is 16.5. The predicted octanol–water partition coefficient (Wildman–Crippen LogP) is 4.31. The van der Waals surface area contributed by atoms with Crippen LogP contribution in [0.15, 0.2) is 71.5 Å². The van der Waals surface area contributed by atoms with Gasteiger partial charge in [0, 0.05) is 23.9 Å². The molecule has 0 N–H and O–H groups in total. The molecule has 0 bridgehead atoms. The van der Waals surface area contributed by atoms with Crippen molar-refractivity contribution in [3.05, 3.63) is 77.1 Å². The SMILES string of the molecule is CCCCN(C(=O)C(C)n1nc(-c2ccc(OC)cc2)ccc1=O)c1ccccc1. The summed E-state index contributed by atoms with van der Waals surface area (Å²) in [6, 6.07) is 19.4. The fourth-order valence-corrected chi connectivity index (χ4v) is 3.24. The van der Waals surface area contributed by atoms with Gasteiger partial charge in [-0.3, -0.25) is 9.59 Å². The van der Waals surface area contributed by atoms with Gasteiger partial charge in [0.25, 0.3) is 11.5 Å². The van der Waals surface area contributed by atoms with E-state index in [1.165, 1.54) is 10.7 Å². The van der Waals surface area contributed by atoms with Gasteiger partial charge in [-0.15, -0.1) is 0 Å². The number of anilines is 1. The highest BCUT2D eigenvalue weighted by Gasteiger charge is 2.25. The number of methoxy groups -OCH3 is 1. The summed E-state index contributed by atoms with van der Waals surface area (Å²) < 4.78 is 6.46. The van der Waals surface area contributed by atoms with Crippen LogP contribution in [0.1, 0.15) is 32.7 Å². The second-order valence-corrected chi connectivity index (χ2v) is 7.08. The Morgan fingerprint density at radius 3 is 2.40 bits per heavy atom. The summed E-state index contributed by atoms with van der Waals surface area (Å²) in [5.74, 6) is 0.584. The zero-order valence-corrected chi connectivity index (χ0v) is 17.6. The second kappa shape index (κ2) is 9.87. The molecule has 0 radical (unpaired) electrons. The maximum absolute atomic E-state index is 13.3. The third-order valence-electron chi connectivity index (χ3n) is 5.00. The number of nitrogens with zero attached hydrogens (tertiary/aromatic N) is 3. The number of rotatable bonds is 8. The average molecular weight is 405 g/mol. The summed E-state index contributed by atoms with van der Waals surface area (Å²) in [4.78, 5) is 27.6. The van der Waals surface area contributed by atoms with Crippen molar-refractivity contribution in [2.24, 2.45) is 0 Å². The van der Waals surface area contributed by atoms with Crippen molar-refractivity contribution in [3.63, 3.8) is 0 Å². The maximum Gasteiger partial charge on any atom is 0.267 e. The first-order chi connectivity index (χ1) is 14.5. The quantitative estimate of drug-likeness (QED) is 0.560. The van der Waals surface area contributed by atoms with Crippen molar-refractivity contribution < 1.29 is 9.53 Å². The lowest BCUT2D eigenvalue weighted by Gasteiger charge is -2.26. The van der Waals surface area contributed by atoms with E-state index in [0.717, 1.165) is 29.8 Å². The zero-order chi connectivity index (χ0) is 21.5. The first-order valence-electron chi connectivity index (χ1n) is 10.2. The van der Waals surface area contributed by atoms with Crippen LogP contribution in [0, 0.1) is 0 Å². The molecule has 1 aromatic heterocycles. The summed E-state index contributed by atoms with van der Waals surface area (Å²) >= 11 is 0. The minimum Gasteiger partial charge on any atom is -0.497 e. The van der Waals surface area contributed by atoms with Gasteiger partial charge in [-0.1, -0.05) is 31.5 Å². The summed E-state index contributed by atoms with van der Waals surface area (Å²) in [7, 11) is 1.61. The molecular formula is C24H27N3O3. The molecule has 1 heterocycles. The molecule has 6 nitrogen and oxygen atoms in total. The number of amides is 1. The molecule has 0 spiro atoms. The summed E-state index contributed by atoms with van der Waals surface area (Å²) in [5.41, 5.74) is 1.98. The summed E-state index contributed by atoms with van der Waals surface area (Å²) in [6.45, 7) is 4.40. The Labute approximate surface area is 176 Å². The molecule has 1 amide bonds. The summed E-state index contributed by atoms with van der Waals surface area (Å²) in [6.07, 6.45) is 1.84. The van der Waals surface area contributed by atoms with Crippen LogP contribution in [0.4, 0.5) is 5.69 Å². The van der Waals surface area contributed by atoms with Gasteiger partial charge in [-0.25, -0.2) is 4.68 Å². The van der Waals surface area contributed by atoms with Crippen molar-refractivity contribution in [3.8, 4) is 17.0 Å². The van der Waals surface area contributed by atoms with E-state index in [2.05, 4.69) is 12.0 Å². The standard InChI is InChI=1S/C24H27N3O3/c1-4-5-17-26(20-9-7-6-8-10-20)24(29)18(2)27-23(28)16-15-22(25-27)19-11-13-21(30-3)14-12-19/h6-16,18H,4-5,17H2,1-3H3. The number of ether oxygens (including phenoxy) is 1. The normalized spacial score (nSPS) is 11.7. The van der Waals surface area contributed by atoms with Gasteiger partial charge < -0.3 is 9.64 Å². The van der Waals surface area contributed by atoms with Crippen LogP contribution < -0.4 is 15.2 Å². The molecule has 3 rings (SSSR count). The molecule has 30 heavy (non-hydrogen) atoms. The van der Waals surface area contributed by atoms with Crippen LogP contribution in [0.2, 0.25) is 0 Å². The molecule has 6 heteroatoms. The lowest BCUT2D eigenvalue weighted by atomic mass is 10.1. The minimum absolute atomic E-state index is 0.156. The van der Waals surface area contributed by atoms with Gasteiger partial charge in [0.15, 0.2) is 0 Å².